The van der Waals surface area contributed by atoms with Crippen LogP contribution in [0, 0.1) is 13.8 Å². The topological polar surface area (TPSA) is 39.2 Å². The highest BCUT2D eigenvalue weighted by Gasteiger charge is 2.09. The Bertz CT molecular complexity index is 638. The number of aromatic nitrogens is 1. The van der Waals surface area contributed by atoms with E-state index in [1.807, 2.05) is 32.0 Å². The van der Waals surface area contributed by atoms with E-state index in [1.165, 1.54) is 7.11 Å². The number of hydrogen-bond acceptors (Lipinski definition) is 3. The number of methoxy groups -OCH3 is 1. The zero-order chi connectivity index (χ0) is 14.0. The van der Waals surface area contributed by atoms with Gasteiger partial charge in [-0.25, -0.2) is 0 Å². The summed E-state index contributed by atoms with van der Waals surface area (Å²) in [7, 11) is 1.39. The number of carbonyl (C=O) groups is 1. The molecule has 0 atom stereocenters. The first-order valence-corrected chi connectivity index (χ1v) is 6.53. The van der Waals surface area contributed by atoms with E-state index in [-0.39, 0.29) is 5.97 Å². The Balaban J connectivity index is 2.42. The van der Waals surface area contributed by atoms with Crippen LogP contribution in [-0.2, 0) is 16.0 Å². The van der Waals surface area contributed by atoms with E-state index in [1.54, 1.807) is 0 Å². The number of halogens is 1. The molecule has 0 amide bonds. The molecule has 3 nitrogen and oxygen atoms in total. The molecule has 0 aliphatic rings. The number of nitrogens with zero attached hydrogens (tertiary/aromatic N) is 1. The lowest BCUT2D eigenvalue weighted by Gasteiger charge is -2.09. The summed E-state index contributed by atoms with van der Waals surface area (Å²) in [6, 6.07) is 5.89. The maximum Gasteiger partial charge on any atom is 0.305 e. The first-order chi connectivity index (χ1) is 9.02. The Morgan fingerprint density at radius 1 is 1.37 bits per heavy atom. The van der Waals surface area contributed by atoms with Crippen molar-refractivity contribution in [1.29, 1.82) is 0 Å². The molecule has 0 saturated carbocycles. The van der Waals surface area contributed by atoms with E-state index in [9.17, 15) is 4.79 Å². The average Bonchev–Trinajstić information content (AvgIpc) is 2.40. The number of aryl methyl sites for hydroxylation is 3. The zero-order valence-electron chi connectivity index (χ0n) is 11.3. The molecule has 2 aromatic rings. The quantitative estimate of drug-likeness (QED) is 0.805. The summed E-state index contributed by atoms with van der Waals surface area (Å²) in [6.45, 7) is 4.00. The number of benzene rings is 1. The molecule has 19 heavy (non-hydrogen) atoms. The van der Waals surface area contributed by atoms with Crippen molar-refractivity contribution in [2.24, 2.45) is 0 Å². The summed E-state index contributed by atoms with van der Waals surface area (Å²) in [5, 5.41) is 1.81. The van der Waals surface area contributed by atoms with Gasteiger partial charge in [0.25, 0.3) is 0 Å². The molecule has 2 rings (SSSR count). The van der Waals surface area contributed by atoms with Gasteiger partial charge in [0.15, 0.2) is 0 Å². The van der Waals surface area contributed by atoms with E-state index >= 15 is 0 Å². The fourth-order valence-corrected chi connectivity index (χ4v) is 2.25. The van der Waals surface area contributed by atoms with Gasteiger partial charge in [0.1, 0.15) is 0 Å². The Labute approximate surface area is 117 Å². The molecule has 0 spiro atoms. The number of rotatable bonds is 3. The predicted octanol–water partition coefficient (Wildman–Crippen LogP) is 3.61. The van der Waals surface area contributed by atoms with Gasteiger partial charge >= 0.3 is 5.97 Å². The molecule has 100 valence electrons. The maximum atomic E-state index is 11.2. The Hall–Kier alpha value is -1.61. The van der Waals surface area contributed by atoms with Crippen LogP contribution in [0.2, 0.25) is 5.02 Å². The molecule has 0 N–H and O–H groups in total. The SMILES string of the molecule is COC(=O)CCc1cc(C)c2ccc(Cl)c(C)c2n1. The third kappa shape index (κ3) is 2.87. The standard InChI is InChI=1S/C15H16ClNO2/c1-9-8-11(4-7-14(18)19-3)17-15-10(2)13(16)6-5-12(9)15/h5-6,8H,4,7H2,1-3H3. The van der Waals surface area contributed by atoms with Gasteiger partial charge in [-0.05, 0) is 37.1 Å². The van der Waals surface area contributed by atoms with Crippen molar-refractivity contribution in [1.82, 2.24) is 4.98 Å². The number of esters is 1. The lowest BCUT2D eigenvalue weighted by atomic mass is 10.0. The van der Waals surface area contributed by atoms with Crippen LogP contribution in [0.4, 0.5) is 0 Å². The lowest BCUT2D eigenvalue weighted by molar-refractivity contribution is -0.140. The zero-order valence-corrected chi connectivity index (χ0v) is 12.0. The van der Waals surface area contributed by atoms with E-state index in [2.05, 4.69) is 9.72 Å². The van der Waals surface area contributed by atoms with Crippen molar-refractivity contribution < 1.29 is 9.53 Å². The fraction of sp³-hybridized carbons (Fsp3) is 0.333. The number of hydrogen-bond donors (Lipinski definition) is 0. The van der Waals surface area contributed by atoms with E-state index in [4.69, 9.17) is 11.6 Å². The summed E-state index contributed by atoms with van der Waals surface area (Å²) < 4.78 is 4.64. The summed E-state index contributed by atoms with van der Waals surface area (Å²) in [5.74, 6) is -0.220. The molecule has 0 bridgehead atoms. The van der Waals surface area contributed by atoms with Crippen molar-refractivity contribution in [3.8, 4) is 0 Å². The van der Waals surface area contributed by atoms with Crippen LogP contribution >= 0.6 is 11.6 Å². The van der Waals surface area contributed by atoms with Gasteiger partial charge in [0.2, 0.25) is 0 Å². The van der Waals surface area contributed by atoms with Crippen LogP contribution in [0.15, 0.2) is 18.2 Å². The second-order valence-corrected chi connectivity index (χ2v) is 4.98. The molecule has 0 radical (unpaired) electrons. The number of fused-ring (bicyclic) bond motifs is 1. The van der Waals surface area contributed by atoms with E-state index in [0.29, 0.717) is 17.9 Å². The van der Waals surface area contributed by atoms with E-state index in [0.717, 1.165) is 27.7 Å². The second-order valence-electron chi connectivity index (χ2n) is 4.58. The van der Waals surface area contributed by atoms with Gasteiger partial charge < -0.3 is 4.74 Å². The van der Waals surface area contributed by atoms with Gasteiger partial charge in [0, 0.05) is 22.5 Å². The minimum atomic E-state index is -0.220. The minimum Gasteiger partial charge on any atom is -0.469 e. The summed E-state index contributed by atoms with van der Waals surface area (Å²) in [5.41, 5.74) is 3.92. The molecular weight excluding hydrogens is 262 g/mol. The molecule has 1 aromatic heterocycles. The van der Waals surface area contributed by atoms with Gasteiger partial charge in [0.05, 0.1) is 19.0 Å². The van der Waals surface area contributed by atoms with Crippen molar-refractivity contribution in [3.05, 3.63) is 40.0 Å². The van der Waals surface area contributed by atoms with Crippen LogP contribution in [0.3, 0.4) is 0 Å². The van der Waals surface area contributed by atoms with Gasteiger partial charge in [-0.15, -0.1) is 0 Å². The molecule has 4 heteroatoms. The van der Waals surface area contributed by atoms with Gasteiger partial charge in [-0.2, -0.15) is 0 Å². The second kappa shape index (κ2) is 5.57. The monoisotopic (exact) mass is 277 g/mol. The molecular formula is C15H16ClNO2. The molecule has 1 heterocycles. The van der Waals surface area contributed by atoms with Crippen LogP contribution in [-0.4, -0.2) is 18.1 Å². The highest BCUT2D eigenvalue weighted by Crippen LogP contribution is 2.26. The summed E-state index contributed by atoms with van der Waals surface area (Å²) in [6.07, 6.45) is 0.920. The van der Waals surface area contributed by atoms with Gasteiger partial charge in [-0.3, -0.25) is 9.78 Å². The fourth-order valence-electron chi connectivity index (χ4n) is 2.10. The highest BCUT2D eigenvalue weighted by molar-refractivity contribution is 6.32. The lowest BCUT2D eigenvalue weighted by Crippen LogP contribution is -2.03. The average molecular weight is 278 g/mol. The van der Waals surface area contributed by atoms with Crippen LogP contribution in [0.5, 0.6) is 0 Å². The minimum absolute atomic E-state index is 0.220. The first kappa shape index (κ1) is 13.8. The first-order valence-electron chi connectivity index (χ1n) is 6.15. The Morgan fingerprint density at radius 3 is 2.79 bits per heavy atom. The van der Waals surface area contributed by atoms with E-state index < -0.39 is 0 Å². The molecule has 0 aliphatic heterocycles. The molecule has 0 fully saturated rings. The largest absolute Gasteiger partial charge is 0.469 e. The third-order valence-corrected chi connectivity index (χ3v) is 3.65. The van der Waals surface area contributed by atoms with Crippen molar-refractivity contribution in [2.75, 3.05) is 7.11 Å². The van der Waals surface area contributed by atoms with Crippen molar-refractivity contribution in [3.63, 3.8) is 0 Å². The Morgan fingerprint density at radius 2 is 2.11 bits per heavy atom. The summed E-state index contributed by atoms with van der Waals surface area (Å²) in [4.78, 5) is 15.8. The molecule has 0 aliphatic carbocycles. The third-order valence-electron chi connectivity index (χ3n) is 3.24. The maximum absolute atomic E-state index is 11.2. The molecule has 0 saturated heterocycles. The highest BCUT2D eigenvalue weighted by atomic mass is 35.5. The van der Waals surface area contributed by atoms with Gasteiger partial charge in [-0.1, -0.05) is 17.7 Å². The van der Waals surface area contributed by atoms with Crippen molar-refractivity contribution in [2.45, 2.75) is 26.7 Å². The number of pyridine rings is 1. The molecule has 0 unspecified atom stereocenters. The smallest absolute Gasteiger partial charge is 0.305 e. The molecule has 1 aromatic carbocycles. The normalized spacial score (nSPS) is 10.7. The van der Waals surface area contributed by atoms with Crippen molar-refractivity contribution >= 4 is 28.5 Å². The van der Waals surface area contributed by atoms with Crippen LogP contribution in [0.1, 0.15) is 23.2 Å². The van der Waals surface area contributed by atoms with Crippen LogP contribution < -0.4 is 0 Å². The van der Waals surface area contributed by atoms with Crippen LogP contribution in [0.25, 0.3) is 10.9 Å². The predicted molar refractivity (Wildman–Crippen MR) is 76.6 cm³/mol. The number of ether oxygens (including phenoxy) is 1. The Kier molecular flexibility index (Phi) is 4.05. The summed E-state index contributed by atoms with van der Waals surface area (Å²) >= 11 is 6.13. The number of carbonyl (C=O) groups excluding carboxylic acids is 1.